The highest BCUT2D eigenvalue weighted by Crippen LogP contribution is 2.32. The van der Waals surface area contributed by atoms with Gasteiger partial charge in [0, 0.05) is 0 Å². The van der Waals surface area contributed by atoms with E-state index in [-0.39, 0.29) is 0 Å². The lowest BCUT2D eigenvalue weighted by atomic mass is 9.92. The molecule has 0 fully saturated rings. The smallest absolute Gasteiger partial charge is 0.311 e. The number of methoxy groups -OCH3 is 2. The highest BCUT2D eigenvalue weighted by Gasteiger charge is 2.21. The van der Waals surface area contributed by atoms with Gasteiger partial charge in [0.25, 0.3) is 0 Å². The maximum absolute atomic E-state index is 11.6. The molecule has 0 unspecified atom stereocenters. The molecule has 2 aromatic rings. The van der Waals surface area contributed by atoms with Crippen molar-refractivity contribution in [1.82, 2.24) is 0 Å². The van der Waals surface area contributed by atoms with E-state index in [0.29, 0.717) is 23.5 Å². The summed E-state index contributed by atoms with van der Waals surface area (Å²) in [5.41, 5.74) is 1.68. The molecule has 0 radical (unpaired) electrons. The van der Waals surface area contributed by atoms with Crippen molar-refractivity contribution < 1.29 is 19.4 Å². The maximum atomic E-state index is 11.6. The van der Waals surface area contributed by atoms with E-state index in [0.717, 1.165) is 5.56 Å². The fourth-order valence-corrected chi connectivity index (χ4v) is 2.27. The topological polar surface area (TPSA) is 55.8 Å². The van der Waals surface area contributed by atoms with Gasteiger partial charge in [0.1, 0.15) is 0 Å². The molecule has 0 aliphatic heterocycles. The minimum absolute atomic E-state index is 0.436. The molecule has 0 bridgehead atoms. The van der Waals surface area contributed by atoms with Crippen molar-refractivity contribution in [3.05, 3.63) is 59.7 Å². The van der Waals surface area contributed by atoms with Gasteiger partial charge in [0.05, 0.1) is 20.1 Å². The van der Waals surface area contributed by atoms with Gasteiger partial charge >= 0.3 is 5.97 Å². The van der Waals surface area contributed by atoms with Gasteiger partial charge in [-0.15, -0.1) is 0 Å². The molecule has 0 aliphatic rings. The number of hydrogen-bond acceptors (Lipinski definition) is 3. The Morgan fingerprint density at radius 3 is 2.29 bits per heavy atom. The predicted molar refractivity (Wildman–Crippen MR) is 80.1 cm³/mol. The number of benzene rings is 2. The van der Waals surface area contributed by atoms with Gasteiger partial charge in [0.15, 0.2) is 11.5 Å². The molecule has 1 atom stereocenters. The van der Waals surface area contributed by atoms with Crippen LogP contribution in [0.15, 0.2) is 48.5 Å². The number of carboxylic acid groups (broad SMARTS) is 1. The number of carboxylic acids is 1. The molecule has 2 aromatic carbocycles. The van der Waals surface area contributed by atoms with Crippen LogP contribution in [0.2, 0.25) is 0 Å². The molecule has 0 saturated heterocycles. The van der Waals surface area contributed by atoms with Crippen LogP contribution >= 0.6 is 0 Å². The second-order valence-corrected chi connectivity index (χ2v) is 4.69. The summed E-state index contributed by atoms with van der Waals surface area (Å²) in [5, 5.41) is 9.51. The highest BCUT2D eigenvalue weighted by atomic mass is 16.5. The third-order valence-electron chi connectivity index (χ3n) is 3.39. The molecule has 0 spiro atoms. The van der Waals surface area contributed by atoms with Crippen LogP contribution in [0.3, 0.4) is 0 Å². The van der Waals surface area contributed by atoms with E-state index in [1.807, 2.05) is 30.3 Å². The number of hydrogen-bond donors (Lipinski definition) is 1. The van der Waals surface area contributed by atoms with Crippen molar-refractivity contribution in [2.24, 2.45) is 0 Å². The first-order valence-corrected chi connectivity index (χ1v) is 6.64. The van der Waals surface area contributed by atoms with Gasteiger partial charge in [0.2, 0.25) is 0 Å². The van der Waals surface area contributed by atoms with Gasteiger partial charge in [-0.05, 0) is 29.7 Å². The maximum Gasteiger partial charge on any atom is 0.311 e. The minimum Gasteiger partial charge on any atom is -0.493 e. The Labute approximate surface area is 123 Å². The van der Waals surface area contributed by atoms with Crippen molar-refractivity contribution >= 4 is 5.97 Å². The van der Waals surface area contributed by atoms with Crippen molar-refractivity contribution in [3.8, 4) is 11.5 Å². The summed E-state index contributed by atoms with van der Waals surface area (Å²) in [5.74, 6) is -0.349. The SMILES string of the molecule is COc1ccc([C@H](Cc2ccccc2)C(=O)O)cc1OC. The number of aliphatic carboxylic acids is 1. The fourth-order valence-electron chi connectivity index (χ4n) is 2.27. The average Bonchev–Trinajstić information content (AvgIpc) is 2.52. The molecule has 0 aliphatic carbocycles. The van der Waals surface area contributed by atoms with Crippen LogP contribution in [0.1, 0.15) is 17.0 Å². The van der Waals surface area contributed by atoms with Crippen LogP contribution < -0.4 is 9.47 Å². The zero-order valence-corrected chi connectivity index (χ0v) is 12.1. The van der Waals surface area contributed by atoms with Crippen LogP contribution in [-0.2, 0) is 11.2 Å². The fraction of sp³-hybridized carbons (Fsp3) is 0.235. The largest absolute Gasteiger partial charge is 0.493 e. The van der Waals surface area contributed by atoms with Crippen LogP contribution in [0.4, 0.5) is 0 Å². The van der Waals surface area contributed by atoms with Crippen molar-refractivity contribution in [1.29, 1.82) is 0 Å². The summed E-state index contributed by atoms with van der Waals surface area (Å²) in [4.78, 5) is 11.6. The Morgan fingerprint density at radius 1 is 1.05 bits per heavy atom. The number of ether oxygens (including phenoxy) is 2. The summed E-state index contributed by atoms with van der Waals surface area (Å²) < 4.78 is 10.4. The molecular weight excluding hydrogens is 268 g/mol. The second kappa shape index (κ2) is 6.79. The van der Waals surface area contributed by atoms with Crippen molar-refractivity contribution in [2.45, 2.75) is 12.3 Å². The lowest BCUT2D eigenvalue weighted by Gasteiger charge is -2.15. The van der Waals surface area contributed by atoms with E-state index in [1.54, 1.807) is 25.3 Å². The van der Waals surface area contributed by atoms with Crippen LogP contribution in [0.5, 0.6) is 11.5 Å². The molecule has 2 rings (SSSR count). The van der Waals surface area contributed by atoms with E-state index < -0.39 is 11.9 Å². The zero-order valence-electron chi connectivity index (χ0n) is 12.1. The summed E-state index contributed by atoms with van der Waals surface area (Å²) in [6.45, 7) is 0. The van der Waals surface area contributed by atoms with Crippen LogP contribution in [0.25, 0.3) is 0 Å². The molecule has 0 saturated carbocycles. The molecule has 0 amide bonds. The molecule has 0 heterocycles. The third-order valence-corrected chi connectivity index (χ3v) is 3.39. The molecule has 0 aromatic heterocycles. The zero-order chi connectivity index (χ0) is 15.2. The van der Waals surface area contributed by atoms with E-state index in [4.69, 9.17) is 9.47 Å². The normalized spacial score (nSPS) is 11.7. The van der Waals surface area contributed by atoms with E-state index in [1.165, 1.54) is 7.11 Å². The molecule has 4 heteroatoms. The average molecular weight is 286 g/mol. The molecular formula is C17H18O4. The third kappa shape index (κ3) is 3.54. The Bertz CT molecular complexity index is 607. The summed E-state index contributed by atoms with van der Waals surface area (Å²) >= 11 is 0. The Hall–Kier alpha value is -2.49. The van der Waals surface area contributed by atoms with Gasteiger partial charge < -0.3 is 14.6 Å². The van der Waals surface area contributed by atoms with E-state index in [2.05, 4.69) is 0 Å². The predicted octanol–water partition coefficient (Wildman–Crippen LogP) is 3.11. The molecule has 21 heavy (non-hydrogen) atoms. The van der Waals surface area contributed by atoms with Gasteiger partial charge in [-0.25, -0.2) is 0 Å². The quantitative estimate of drug-likeness (QED) is 0.886. The standard InChI is InChI=1S/C17H18O4/c1-20-15-9-8-13(11-16(15)21-2)14(17(18)19)10-12-6-4-3-5-7-12/h3-9,11,14H,10H2,1-2H3,(H,18,19)/t14-/m0/s1. The highest BCUT2D eigenvalue weighted by molar-refractivity contribution is 5.77. The van der Waals surface area contributed by atoms with E-state index >= 15 is 0 Å². The van der Waals surface area contributed by atoms with Gasteiger partial charge in [-0.2, -0.15) is 0 Å². The van der Waals surface area contributed by atoms with Crippen LogP contribution in [-0.4, -0.2) is 25.3 Å². The van der Waals surface area contributed by atoms with Crippen molar-refractivity contribution in [2.75, 3.05) is 14.2 Å². The lowest BCUT2D eigenvalue weighted by Crippen LogP contribution is -2.14. The summed E-state index contributed by atoms with van der Waals surface area (Å²) in [6.07, 6.45) is 0.436. The van der Waals surface area contributed by atoms with Crippen LogP contribution in [0, 0.1) is 0 Å². The first-order valence-electron chi connectivity index (χ1n) is 6.64. The molecule has 4 nitrogen and oxygen atoms in total. The first-order chi connectivity index (χ1) is 10.2. The van der Waals surface area contributed by atoms with E-state index in [9.17, 15) is 9.90 Å². The molecule has 1 N–H and O–H groups in total. The minimum atomic E-state index is -0.855. The van der Waals surface area contributed by atoms with Gasteiger partial charge in [-0.1, -0.05) is 36.4 Å². The lowest BCUT2D eigenvalue weighted by molar-refractivity contribution is -0.138. The second-order valence-electron chi connectivity index (χ2n) is 4.69. The summed E-state index contributed by atoms with van der Waals surface area (Å²) in [7, 11) is 3.09. The Kier molecular flexibility index (Phi) is 4.82. The monoisotopic (exact) mass is 286 g/mol. The van der Waals surface area contributed by atoms with Gasteiger partial charge in [-0.3, -0.25) is 4.79 Å². The Balaban J connectivity index is 2.32. The Morgan fingerprint density at radius 2 is 1.71 bits per heavy atom. The van der Waals surface area contributed by atoms with Crippen molar-refractivity contribution in [3.63, 3.8) is 0 Å². The summed E-state index contributed by atoms with van der Waals surface area (Å²) in [6, 6.07) is 14.8. The number of carbonyl (C=O) groups is 1. The number of rotatable bonds is 6. The molecule has 110 valence electrons. The first kappa shape index (κ1) is 14.9.